The standard InChI is InChI=1S/C35H40N8/c1-41-20-22-42(23-21-41)29-16-18-30(19-17-29)43-35-31(34(36)37-24-38-35)33(40-43)27-14-12-26(13-15-27)32(25-8-4-2-5-9-25)39-28-10-6-3-7-11-28/h2-15,24,29-30,32,39H,16-23H2,1H3,(H2,36,37,38). The second kappa shape index (κ2) is 12.1. The van der Waals surface area contributed by atoms with Crippen LogP contribution in [0.4, 0.5) is 11.5 Å². The van der Waals surface area contributed by atoms with Gasteiger partial charge < -0.3 is 16.0 Å². The van der Waals surface area contributed by atoms with Crippen molar-refractivity contribution in [3.8, 4) is 11.3 Å². The third-order valence-corrected chi connectivity index (χ3v) is 9.32. The molecule has 1 unspecified atom stereocenters. The summed E-state index contributed by atoms with van der Waals surface area (Å²) < 4.78 is 2.14. The Hall–Kier alpha value is -4.27. The molecule has 3 heterocycles. The van der Waals surface area contributed by atoms with Crippen LogP contribution in [0.3, 0.4) is 0 Å². The van der Waals surface area contributed by atoms with Gasteiger partial charge >= 0.3 is 0 Å². The Labute approximate surface area is 253 Å². The van der Waals surface area contributed by atoms with Crippen LogP contribution in [-0.2, 0) is 0 Å². The number of nitrogens with two attached hydrogens (primary N) is 1. The zero-order valence-corrected chi connectivity index (χ0v) is 24.8. The highest BCUT2D eigenvalue weighted by atomic mass is 15.3. The van der Waals surface area contributed by atoms with E-state index in [2.05, 4.69) is 111 Å². The SMILES string of the molecule is CN1CCN(C2CCC(n3nc(-c4ccc(C(Nc5ccccc5)c5ccccc5)cc4)c4c(N)ncnc43)CC2)CC1. The van der Waals surface area contributed by atoms with E-state index in [1.165, 1.54) is 37.1 Å². The first-order chi connectivity index (χ1) is 21.1. The monoisotopic (exact) mass is 572 g/mol. The number of nitrogen functional groups attached to an aromatic ring is 1. The summed E-state index contributed by atoms with van der Waals surface area (Å²) in [5.41, 5.74) is 12.7. The highest BCUT2D eigenvalue weighted by Gasteiger charge is 2.30. The van der Waals surface area contributed by atoms with Crippen LogP contribution < -0.4 is 11.1 Å². The van der Waals surface area contributed by atoms with Gasteiger partial charge in [-0.15, -0.1) is 0 Å². The van der Waals surface area contributed by atoms with Crippen LogP contribution >= 0.6 is 0 Å². The minimum atomic E-state index is 0.0100. The number of likely N-dealkylation sites (N-methyl/N-ethyl adjacent to an activating group) is 1. The summed E-state index contributed by atoms with van der Waals surface area (Å²) in [4.78, 5) is 14.2. The number of hydrogen-bond donors (Lipinski definition) is 2. The van der Waals surface area contributed by atoms with Crippen molar-refractivity contribution < 1.29 is 0 Å². The van der Waals surface area contributed by atoms with Gasteiger partial charge in [-0.1, -0.05) is 72.8 Å². The van der Waals surface area contributed by atoms with E-state index in [0.29, 0.717) is 17.9 Å². The van der Waals surface area contributed by atoms with Crippen molar-refractivity contribution in [2.24, 2.45) is 0 Å². The molecule has 1 saturated heterocycles. The van der Waals surface area contributed by atoms with Crippen molar-refractivity contribution in [2.45, 2.75) is 43.8 Å². The zero-order valence-electron chi connectivity index (χ0n) is 24.8. The van der Waals surface area contributed by atoms with Crippen molar-refractivity contribution in [1.29, 1.82) is 0 Å². The molecular formula is C35H40N8. The van der Waals surface area contributed by atoms with Gasteiger partial charge in [-0.05, 0) is 56.0 Å². The largest absolute Gasteiger partial charge is 0.383 e. The molecule has 1 aliphatic heterocycles. The lowest BCUT2D eigenvalue weighted by Crippen LogP contribution is -2.49. The Kier molecular flexibility index (Phi) is 7.79. The minimum Gasteiger partial charge on any atom is -0.383 e. The molecule has 1 saturated carbocycles. The summed E-state index contributed by atoms with van der Waals surface area (Å²) in [6.07, 6.45) is 6.14. The fourth-order valence-corrected chi connectivity index (χ4v) is 6.85. The molecule has 2 aromatic heterocycles. The number of hydrogen-bond acceptors (Lipinski definition) is 7. The second-order valence-corrected chi connectivity index (χ2v) is 12.0. The molecule has 7 rings (SSSR count). The predicted octanol–water partition coefficient (Wildman–Crippen LogP) is 6.01. The topological polar surface area (TPSA) is 88.1 Å². The van der Waals surface area contributed by atoms with Crippen molar-refractivity contribution in [1.82, 2.24) is 29.5 Å². The second-order valence-electron chi connectivity index (χ2n) is 12.0. The van der Waals surface area contributed by atoms with E-state index in [1.807, 2.05) is 6.07 Å². The highest BCUT2D eigenvalue weighted by Crippen LogP contribution is 2.38. The van der Waals surface area contributed by atoms with Gasteiger partial charge in [0, 0.05) is 43.5 Å². The number of anilines is 2. The van der Waals surface area contributed by atoms with Crippen LogP contribution in [0, 0.1) is 0 Å². The van der Waals surface area contributed by atoms with E-state index < -0.39 is 0 Å². The molecule has 43 heavy (non-hydrogen) atoms. The van der Waals surface area contributed by atoms with E-state index in [-0.39, 0.29) is 6.04 Å². The first-order valence-corrected chi connectivity index (χ1v) is 15.5. The Morgan fingerprint density at radius 2 is 1.37 bits per heavy atom. The number of rotatable bonds is 7. The van der Waals surface area contributed by atoms with Gasteiger partial charge in [-0.25, -0.2) is 14.6 Å². The fourth-order valence-electron chi connectivity index (χ4n) is 6.85. The lowest BCUT2D eigenvalue weighted by molar-refractivity contribution is 0.0815. The Bertz CT molecular complexity index is 1630. The van der Waals surface area contributed by atoms with Crippen LogP contribution in [0.1, 0.15) is 48.9 Å². The van der Waals surface area contributed by atoms with Gasteiger partial charge in [0.25, 0.3) is 0 Å². The van der Waals surface area contributed by atoms with E-state index in [1.54, 1.807) is 6.33 Å². The molecule has 3 aromatic carbocycles. The Morgan fingerprint density at radius 3 is 2.07 bits per heavy atom. The van der Waals surface area contributed by atoms with Crippen LogP contribution in [0.25, 0.3) is 22.3 Å². The Balaban J connectivity index is 1.16. The predicted molar refractivity (Wildman–Crippen MR) is 174 cm³/mol. The first kappa shape index (κ1) is 27.6. The van der Waals surface area contributed by atoms with Gasteiger partial charge in [0.1, 0.15) is 17.8 Å². The molecule has 5 aromatic rings. The summed E-state index contributed by atoms with van der Waals surface area (Å²) in [5.74, 6) is 0.481. The molecule has 1 aliphatic carbocycles. The molecule has 1 atom stereocenters. The lowest BCUT2D eigenvalue weighted by atomic mass is 9.90. The number of fused-ring (bicyclic) bond motifs is 1. The fraction of sp³-hybridized carbons (Fsp3) is 0.343. The lowest BCUT2D eigenvalue weighted by Gasteiger charge is -2.41. The summed E-state index contributed by atoms with van der Waals surface area (Å²) in [7, 11) is 2.22. The van der Waals surface area contributed by atoms with Crippen molar-refractivity contribution in [3.63, 3.8) is 0 Å². The molecule has 8 heteroatoms. The minimum absolute atomic E-state index is 0.0100. The van der Waals surface area contributed by atoms with E-state index in [9.17, 15) is 0 Å². The summed E-state index contributed by atoms with van der Waals surface area (Å²) in [5, 5.41) is 9.76. The number of para-hydroxylation sites is 1. The number of nitrogens with zero attached hydrogens (tertiary/aromatic N) is 6. The number of aromatic nitrogens is 4. The maximum Gasteiger partial charge on any atom is 0.164 e. The first-order valence-electron chi connectivity index (χ1n) is 15.5. The smallest absolute Gasteiger partial charge is 0.164 e. The number of nitrogens with one attached hydrogen (secondary N) is 1. The summed E-state index contributed by atoms with van der Waals surface area (Å²) >= 11 is 0. The van der Waals surface area contributed by atoms with E-state index >= 15 is 0 Å². The van der Waals surface area contributed by atoms with Crippen LogP contribution in [0.5, 0.6) is 0 Å². The van der Waals surface area contributed by atoms with Crippen LogP contribution in [0.2, 0.25) is 0 Å². The Morgan fingerprint density at radius 1 is 0.744 bits per heavy atom. The third kappa shape index (κ3) is 5.72. The van der Waals surface area contributed by atoms with E-state index in [0.717, 1.165) is 53.9 Å². The van der Waals surface area contributed by atoms with Crippen LogP contribution in [-0.4, -0.2) is 68.8 Å². The molecular weight excluding hydrogens is 532 g/mol. The van der Waals surface area contributed by atoms with E-state index in [4.69, 9.17) is 15.8 Å². The molecule has 3 N–H and O–H groups in total. The van der Waals surface area contributed by atoms with Gasteiger partial charge in [0.15, 0.2) is 5.65 Å². The molecule has 8 nitrogen and oxygen atoms in total. The average molecular weight is 573 g/mol. The normalized spacial score (nSPS) is 20.7. The van der Waals surface area contributed by atoms with Crippen molar-refractivity contribution in [3.05, 3.63) is 102 Å². The zero-order chi connectivity index (χ0) is 29.2. The summed E-state index contributed by atoms with van der Waals surface area (Å²) in [6, 6.07) is 30.6. The van der Waals surface area contributed by atoms with Gasteiger partial charge in [0.05, 0.1) is 17.5 Å². The van der Waals surface area contributed by atoms with Gasteiger partial charge in [0.2, 0.25) is 0 Å². The molecule has 2 fully saturated rings. The van der Waals surface area contributed by atoms with Gasteiger partial charge in [-0.3, -0.25) is 4.90 Å². The molecule has 0 amide bonds. The highest BCUT2D eigenvalue weighted by molar-refractivity contribution is 5.98. The molecule has 0 spiro atoms. The molecule has 0 radical (unpaired) electrons. The quantitative estimate of drug-likeness (QED) is 0.247. The van der Waals surface area contributed by atoms with Crippen molar-refractivity contribution in [2.75, 3.05) is 44.3 Å². The maximum atomic E-state index is 6.48. The summed E-state index contributed by atoms with van der Waals surface area (Å²) in [6.45, 7) is 4.67. The average Bonchev–Trinajstić information content (AvgIpc) is 3.46. The molecule has 2 aliphatic rings. The van der Waals surface area contributed by atoms with Gasteiger partial charge in [-0.2, -0.15) is 5.10 Å². The third-order valence-electron chi connectivity index (χ3n) is 9.32. The van der Waals surface area contributed by atoms with Crippen LogP contribution in [0.15, 0.2) is 91.3 Å². The van der Waals surface area contributed by atoms with Crippen molar-refractivity contribution >= 4 is 22.5 Å². The molecule has 0 bridgehead atoms. The number of benzene rings is 3. The maximum absolute atomic E-state index is 6.48. The molecule has 220 valence electrons. The number of piperazine rings is 1.